The molecule has 0 aliphatic carbocycles. The molecule has 2 aliphatic rings. The summed E-state index contributed by atoms with van der Waals surface area (Å²) in [6.07, 6.45) is 2.08. The monoisotopic (exact) mass is 395 g/mol. The number of nitrogens with one attached hydrogen (secondary N) is 1. The molecule has 6 nitrogen and oxygen atoms in total. The lowest BCUT2D eigenvalue weighted by molar-refractivity contribution is -0.132. The number of hydrogen-bond acceptors (Lipinski definition) is 5. The maximum absolute atomic E-state index is 12.4. The molecule has 0 atom stereocenters. The van der Waals surface area contributed by atoms with Crippen molar-refractivity contribution in [2.75, 3.05) is 46.1 Å². The lowest BCUT2D eigenvalue weighted by atomic mass is 10.1. The molecule has 4 rings (SSSR count). The third kappa shape index (κ3) is 5.49. The Hall–Kier alpha value is -2.57. The molecule has 2 aromatic rings. The highest BCUT2D eigenvalue weighted by atomic mass is 16.7. The molecule has 29 heavy (non-hydrogen) atoms. The lowest BCUT2D eigenvalue weighted by Gasteiger charge is -2.34. The molecule has 154 valence electrons. The fraction of sp³-hybridized carbons (Fsp3) is 0.435. The normalized spacial score (nSPS) is 16.2. The van der Waals surface area contributed by atoms with Gasteiger partial charge in [-0.3, -0.25) is 9.69 Å². The highest BCUT2D eigenvalue weighted by Gasteiger charge is 2.21. The summed E-state index contributed by atoms with van der Waals surface area (Å²) in [5.41, 5.74) is 2.56. The molecular formula is C23H29N3O3. The molecule has 1 N–H and O–H groups in total. The smallest absolute Gasteiger partial charge is 0.236 e. The van der Waals surface area contributed by atoms with E-state index in [0.29, 0.717) is 13.3 Å². The quantitative estimate of drug-likeness (QED) is 0.695. The van der Waals surface area contributed by atoms with Crippen LogP contribution in [0.4, 0.5) is 0 Å². The molecule has 1 fully saturated rings. The largest absolute Gasteiger partial charge is 0.454 e. The third-order valence-corrected chi connectivity index (χ3v) is 5.51. The number of hydrogen-bond donors (Lipinski definition) is 1. The second kappa shape index (κ2) is 9.76. The molecule has 0 aromatic heterocycles. The van der Waals surface area contributed by atoms with Crippen molar-refractivity contribution in [1.82, 2.24) is 15.1 Å². The number of rotatable bonds is 8. The van der Waals surface area contributed by atoms with Crippen molar-refractivity contribution in [3.63, 3.8) is 0 Å². The maximum atomic E-state index is 12.4. The van der Waals surface area contributed by atoms with Crippen LogP contribution in [0.3, 0.4) is 0 Å². The molecule has 6 heteroatoms. The minimum absolute atomic E-state index is 0.201. The van der Waals surface area contributed by atoms with Crippen molar-refractivity contribution < 1.29 is 14.3 Å². The zero-order valence-electron chi connectivity index (χ0n) is 16.8. The predicted molar refractivity (Wildman–Crippen MR) is 112 cm³/mol. The highest BCUT2D eigenvalue weighted by Crippen LogP contribution is 2.32. The second-order valence-electron chi connectivity index (χ2n) is 7.61. The minimum Gasteiger partial charge on any atom is -0.454 e. The van der Waals surface area contributed by atoms with Crippen molar-refractivity contribution in [3.05, 3.63) is 59.7 Å². The van der Waals surface area contributed by atoms with Crippen LogP contribution in [0.2, 0.25) is 0 Å². The number of benzene rings is 2. The molecule has 1 amide bonds. The molecule has 2 heterocycles. The Kier molecular flexibility index (Phi) is 6.64. The van der Waals surface area contributed by atoms with Crippen molar-refractivity contribution in [3.8, 4) is 11.5 Å². The topological polar surface area (TPSA) is 54.0 Å². The Morgan fingerprint density at radius 2 is 1.72 bits per heavy atom. The maximum Gasteiger partial charge on any atom is 0.236 e. The number of aryl methyl sites for hydroxylation is 1. The molecule has 2 aromatic carbocycles. The van der Waals surface area contributed by atoms with E-state index in [1.807, 2.05) is 17.0 Å². The number of fused-ring (bicyclic) bond motifs is 1. The van der Waals surface area contributed by atoms with Crippen LogP contribution < -0.4 is 14.8 Å². The van der Waals surface area contributed by atoms with Gasteiger partial charge in [-0.05, 0) is 42.6 Å². The standard InChI is InChI=1S/C23H29N3O3/c27-23(16-24-10-4-7-19-5-2-1-3-6-19)26-13-11-25(12-14-26)17-20-8-9-21-22(15-20)29-18-28-21/h1-3,5-6,8-9,15,24H,4,7,10-14,16-18H2. The molecule has 0 saturated carbocycles. The van der Waals surface area contributed by atoms with Crippen LogP contribution >= 0.6 is 0 Å². The van der Waals surface area contributed by atoms with Crippen LogP contribution in [0.25, 0.3) is 0 Å². The van der Waals surface area contributed by atoms with Gasteiger partial charge in [-0.15, -0.1) is 0 Å². The Morgan fingerprint density at radius 3 is 2.55 bits per heavy atom. The van der Waals surface area contributed by atoms with E-state index in [4.69, 9.17) is 9.47 Å². The van der Waals surface area contributed by atoms with E-state index in [0.717, 1.165) is 63.6 Å². The van der Waals surface area contributed by atoms with Crippen molar-refractivity contribution in [2.24, 2.45) is 0 Å². The zero-order valence-corrected chi connectivity index (χ0v) is 16.8. The van der Waals surface area contributed by atoms with Crippen LogP contribution in [0.15, 0.2) is 48.5 Å². The van der Waals surface area contributed by atoms with Gasteiger partial charge in [0.05, 0.1) is 6.54 Å². The average Bonchev–Trinajstić information content (AvgIpc) is 3.22. The van der Waals surface area contributed by atoms with Gasteiger partial charge < -0.3 is 19.7 Å². The molecule has 0 radical (unpaired) electrons. The van der Waals surface area contributed by atoms with Crippen LogP contribution in [0.1, 0.15) is 17.5 Å². The number of carbonyl (C=O) groups is 1. The van der Waals surface area contributed by atoms with Gasteiger partial charge in [-0.2, -0.15) is 0 Å². The summed E-state index contributed by atoms with van der Waals surface area (Å²) in [6.45, 7) is 5.84. The number of piperazine rings is 1. The Balaban J connectivity index is 1.12. The second-order valence-corrected chi connectivity index (χ2v) is 7.61. The number of nitrogens with zero attached hydrogens (tertiary/aromatic N) is 2. The van der Waals surface area contributed by atoms with Crippen molar-refractivity contribution >= 4 is 5.91 Å². The first-order valence-electron chi connectivity index (χ1n) is 10.4. The first-order chi connectivity index (χ1) is 14.3. The first kappa shape index (κ1) is 19.7. The van der Waals surface area contributed by atoms with Gasteiger partial charge in [0, 0.05) is 32.7 Å². The molecule has 0 bridgehead atoms. The fourth-order valence-electron chi connectivity index (χ4n) is 3.82. The molecule has 0 unspecified atom stereocenters. The third-order valence-electron chi connectivity index (χ3n) is 5.51. The Morgan fingerprint density at radius 1 is 0.931 bits per heavy atom. The Bertz CT molecular complexity index is 804. The van der Waals surface area contributed by atoms with Crippen molar-refractivity contribution in [2.45, 2.75) is 19.4 Å². The zero-order chi connectivity index (χ0) is 19.9. The van der Waals surface area contributed by atoms with E-state index in [9.17, 15) is 4.79 Å². The van der Waals surface area contributed by atoms with Gasteiger partial charge in [-0.1, -0.05) is 36.4 Å². The van der Waals surface area contributed by atoms with E-state index < -0.39 is 0 Å². The molecular weight excluding hydrogens is 366 g/mol. The summed E-state index contributed by atoms with van der Waals surface area (Å²) in [5, 5.41) is 3.30. The van der Waals surface area contributed by atoms with Gasteiger partial charge in [0.1, 0.15) is 0 Å². The summed E-state index contributed by atoms with van der Waals surface area (Å²) in [7, 11) is 0. The predicted octanol–water partition coefficient (Wildman–Crippen LogP) is 2.28. The van der Waals surface area contributed by atoms with Gasteiger partial charge in [-0.25, -0.2) is 0 Å². The number of amides is 1. The minimum atomic E-state index is 0.201. The summed E-state index contributed by atoms with van der Waals surface area (Å²) in [6, 6.07) is 16.6. The molecule has 1 saturated heterocycles. The van der Waals surface area contributed by atoms with Crippen LogP contribution in [0, 0.1) is 0 Å². The Labute approximate surface area is 172 Å². The van der Waals surface area contributed by atoms with E-state index >= 15 is 0 Å². The lowest BCUT2D eigenvalue weighted by Crippen LogP contribution is -2.50. The summed E-state index contributed by atoms with van der Waals surface area (Å²) >= 11 is 0. The van der Waals surface area contributed by atoms with E-state index in [1.165, 1.54) is 11.1 Å². The molecule has 0 spiro atoms. The van der Waals surface area contributed by atoms with Crippen LogP contribution in [-0.4, -0.2) is 61.8 Å². The summed E-state index contributed by atoms with van der Waals surface area (Å²) < 4.78 is 10.8. The molecule has 2 aliphatic heterocycles. The van der Waals surface area contributed by atoms with Gasteiger partial charge >= 0.3 is 0 Å². The van der Waals surface area contributed by atoms with Gasteiger partial charge in [0.25, 0.3) is 0 Å². The first-order valence-corrected chi connectivity index (χ1v) is 10.4. The van der Waals surface area contributed by atoms with Gasteiger partial charge in [0.15, 0.2) is 11.5 Å². The van der Waals surface area contributed by atoms with Crippen LogP contribution in [0.5, 0.6) is 11.5 Å². The van der Waals surface area contributed by atoms with E-state index in [2.05, 4.69) is 46.6 Å². The SMILES string of the molecule is O=C(CNCCCc1ccccc1)N1CCN(Cc2ccc3c(c2)OCO3)CC1. The van der Waals surface area contributed by atoms with E-state index in [1.54, 1.807) is 0 Å². The average molecular weight is 396 g/mol. The van der Waals surface area contributed by atoms with Gasteiger partial charge in [0.2, 0.25) is 12.7 Å². The summed E-state index contributed by atoms with van der Waals surface area (Å²) in [5.74, 6) is 1.85. The van der Waals surface area contributed by atoms with E-state index in [-0.39, 0.29) is 5.91 Å². The number of carbonyl (C=O) groups excluding carboxylic acids is 1. The number of ether oxygens (including phenoxy) is 2. The fourth-order valence-corrected chi connectivity index (χ4v) is 3.82. The summed E-state index contributed by atoms with van der Waals surface area (Å²) in [4.78, 5) is 16.8. The van der Waals surface area contributed by atoms with Crippen LogP contribution in [-0.2, 0) is 17.8 Å². The highest BCUT2D eigenvalue weighted by molar-refractivity contribution is 5.78. The van der Waals surface area contributed by atoms with Crippen molar-refractivity contribution in [1.29, 1.82) is 0 Å².